The van der Waals surface area contributed by atoms with Crippen molar-refractivity contribution in [2.45, 2.75) is 83.2 Å². The molecule has 0 aliphatic heterocycles. The summed E-state index contributed by atoms with van der Waals surface area (Å²) in [6.45, 7) is 1.74. The summed E-state index contributed by atoms with van der Waals surface area (Å²) in [5.74, 6) is -0.0559. The quantitative estimate of drug-likeness (QED) is 0.342. The Hall–Kier alpha value is -1.82. The minimum atomic E-state index is -4.61. The molecule has 0 atom stereocenters. The van der Waals surface area contributed by atoms with Crippen LogP contribution in [0.5, 0.6) is 5.75 Å². The average Bonchev–Trinajstić information content (AvgIpc) is 2.68. The molecular formula is C22H41N2O9P. The van der Waals surface area contributed by atoms with Crippen LogP contribution in [0.2, 0.25) is 0 Å². The van der Waals surface area contributed by atoms with Crippen LogP contribution < -0.4 is 21.6 Å². The molecule has 4 rings (SSSR count). The van der Waals surface area contributed by atoms with Crippen molar-refractivity contribution < 1.29 is 39.7 Å². The second-order valence-corrected chi connectivity index (χ2v) is 9.45. The Kier molecular flexibility index (Phi) is 16.9. The van der Waals surface area contributed by atoms with E-state index in [1.54, 1.807) is 13.0 Å². The summed E-state index contributed by atoms with van der Waals surface area (Å²) in [6, 6.07) is 6.64. The molecule has 1 heterocycles. The normalized spacial score (nSPS) is 16.3. The summed E-state index contributed by atoms with van der Waals surface area (Å²) in [4.78, 5) is 28.4. The van der Waals surface area contributed by atoms with Gasteiger partial charge in [-0.25, -0.2) is 9.36 Å². The molecule has 0 bridgehead atoms. The van der Waals surface area contributed by atoms with E-state index >= 15 is 0 Å². The highest BCUT2D eigenvalue weighted by atomic mass is 31.2. The molecule has 0 saturated heterocycles. The first-order valence-electron chi connectivity index (χ1n) is 10.9. The fourth-order valence-electron chi connectivity index (χ4n) is 3.77. The van der Waals surface area contributed by atoms with Crippen LogP contribution >= 0.6 is 7.82 Å². The maximum atomic E-state index is 11.1. The Morgan fingerprint density at radius 1 is 0.882 bits per heavy atom. The monoisotopic (exact) mass is 508 g/mol. The van der Waals surface area contributed by atoms with E-state index in [4.69, 9.17) is 25.7 Å². The lowest BCUT2D eigenvalue weighted by molar-refractivity contribution is 0.283. The molecule has 0 spiro atoms. The lowest BCUT2D eigenvalue weighted by atomic mass is 9.97. The molecule has 1 aromatic heterocycles. The van der Waals surface area contributed by atoms with Gasteiger partial charge >= 0.3 is 13.4 Å². The minimum absolute atomic E-state index is 0. The molecule has 2 aromatic rings. The zero-order valence-electron chi connectivity index (χ0n) is 19.7. The van der Waals surface area contributed by atoms with Gasteiger partial charge in [0.25, 0.3) is 0 Å². The molecule has 12 N–H and O–H groups in total. The molecule has 0 amide bonds. The lowest BCUT2D eigenvalue weighted by Gasteiger charge is -2.15. The number of aryl methyl sites for hydroxylation is 1. The number of phosphoric ester groups is 1. The Bertz CT molecular complexity index is 904. The average molecular weight is 509 g/mol. The number of benzene rings is 1. The lowest BCUT2D eigenvalue weighted by Crippen LogP contribution is -2.22. The highest BCUT2D eigenvalue weighted by Crippen LogP contribution is 2.38. The van der Waals surface area contributed by atoms with Crippen molar-refractivity contribution in [3.8, 4) is 5.75 Å². The predicted molar refractivity (Wildman–Crippen MR) is 133 cm³/mol. The number of hydrogen-bond donors (Lipinski definition) is 4. The fourth-order valence-corrected chi connectivity index (χ4v) is 4.16. The van der Waals surface area contributed by atoms with Gasteiger partial charge in [-0.05, 0) is 50.3 Å². The summed E-state index contributed by atoms with van der Waals surface area (Å²) in [5.41, 5.74) is 11.7. The molecule has 2 aliphatic rings. The van der Waals surface area contributed by atoms with Crippen LogP contribution in [0, 0.1) is 6.92 Å². The van der Waals surface area contributed by atoms with Gasteiger partial charge in [0, 0.05) is 29.6 Å². The molecular weight excluding hydrogens is 467 g/mol. The second kappa shape index (κ2) is 16.7. The van der Waals surface area contributed by atoms with Crippen molar-refractivity contribution in [1.82, 2.24) is 0 Å². The Morgan fingerprint density at radius 2 is 1.35 bits per heavy atom. The first-order chi connectivity index (χ1) is 14.6. The first kappa shape index (κ1) is 34.3. The first-order valence-corrected chi connectivity index (χ1v) is 12.5. The van der Waals surface area contributed by atoms with Gasteiger partial charge in [-0.2, -0.15) is 0 Å². The van der Waals surface area contributed by atoms with Gasteiger partial charge in [0.05, 0.1) is 0 Å². The summed E-state index contributed by atoms with van der Waals surface area (Å²) < 4.78 is 20.0. The minimum Gasteiger partial charge on any atom is -0.423 e. The summed E-state index contributed by atoms with van der Waals surface area (Å²) in [5, 5.41) is 0.683. The maximum absolute atomic E-state index is 11.1. The Labute approximate surface area is 199 Å². The molecule has 12 heteroatoms. The smallest absolute Gasteiger partial charge is 0.423 e. The van der Waals surface area contributed by atoms with Crippen LogP contribution in [0.1, 0.15) is 69.8 Å². The molecule has 0 radical (unpaired) electrons. The number of nitrogens with two attached hydrogens (primary N) is 2. The van der Waals surface area contributed by atoms with Gasteiger partial charge in [0.1, 0.15) is 11.3 Å². The van der Waals surface area contributed by atoms with E-state index in [1.807, 2.05) is 0 Å². The maximum Gasteiger partial charge on any atom is 0.524 e. The van der Waals surface area contributed by atoms with Crippen LogP contribution in [0.4, 0.5) is 0 Å². The van der Waals surface area contributed by atoms with Crippen molar-refractivity contribution in [3.05, 3.63) is 40.2 Å². The standard InChI is InChI=1S/C10H9O6P.2C6H13N.3H2O/c1-6-4-10(11)15-9-5-7(2-3-8(6)9)16-17(12,13)14;2*7-6-4-2-1-3-5-6;;;/h2-5H,1H3,(H2,12,13,14);2*6H,1-5,7H2;3*1H2. The van der Waals surface area contributed by atoms with Gasteiger partial charge in [0.15, 0.2) is 0 Å². The van der Waals surface area contributed by atoms with E-state index in [9.17, 15) is 9.36 Å². The second-order valence-electron chi connectivity index (χ2n) is 8.28. The molecule has 2 aliphatic carbocycles. The van der Waals surface area contributed by atoms with E-state index in [-0.39, 0.29) is 27.8 Å². The van der Waals surface area contributed by atoms with Gasteiger partial charge < -0.3 is 36.8 Å². The number of hydrogen-bond acceptors (Lipinski definition) is 6. The van der Waals surface area contributed by atoms with E-state index in [0.29, 0.717) is 17.5 Å². The molecule has 2 saturated carbocycles. The van der Waals surface area contributed by atoms with Crippen molar-refractivity contribution in [2.24, 2.45) is 11.5 Å². The summed E-state index contributed by atoms with van der Waals surface area (Å²) >= 11 is 0. The van der Waals surface area contributed by atoms with Crippen LogP contribution in [0.3, 0.4) is 0 Å². The van der Waals surface area contributed by atoms with Crippen molar-refractivity contribution >= 4 is 18.8 Å². The van der Waals surface area contributed by atoms with Crippen molar-refractivity contribution in [3.63, 3.8) is 0 Å². The topological polar surface area (TPSA) is 244 Å². The summed E-state index contributed by atoms with van der Waals surface area (Å²) in [7, 11) is -4.61. The van der Waals surface area contributed by atoms with Gasteiger partial charge in [-0.15, -0.1) is 0 Å². The molecule has 1 aromatic carbocycles. The van der Waals surface area contributed by atoms with E-state index in [2.05, 4.69) is 4.52 Å². The fraction of sp³-hybridized carbons (Fsp3) is 0.591. The van der Waals surface area contributed by atoms with Gasteiger partial charge in [0.2, 0.25) is 0 Å². The third-order valence-electron chi connectivity index (χ3n) is 5.45. The molecule has 198 valence electrons. The number of rotatable bonds is 2. The van der Waals surface area contributed by atoms with Crippen molar-refractivity contribution in [2.75, 3.05) is 0 Å². The third kappa shape index (κ3) is 13.2. The molecule has 2 fully saturated rings. The summed E-state index contributed by atoms with van der Waals surface area (Å²) in [6.07, 6.45) is 13.3. The highest BCUT2D eigenvalue weighted by Gasteiger charge is 2.16. The van der Waals surface area contributed by atoms with Crippen molar-refractivity contribution in [1.29, 1.82) is 0 Å². The van der Waals surface area contributed by atoms with Gasteiger partial charge in [-0.1, -0.05) is 38.5 Å². The molecule has 0 unspecified atom stereocenters. The third-order valence-corrected chi connectivity index (χ3v) is 5.90. The zero-order valence-corrected chi connectivity index (χ0v) is 20.6. The van der Waals surface area contributed by atoms with E-state index < -0.39 is 13.4 Å². The molecule has 34 heavy (non-hydrogen) atoms. The largest absolute Gasteiger partial charge is 0.524 e. The van der Waals surface area contributed by atoms with Gasteiger partial charge in [-0.3, -0.25) is 9.79 Å². The zero-order chi connectivity index (χ0) is 22.9. The van der Waals surface area contributed by atoms with Crippen LogP contribution in [-0.4, -0.2) is 38.3 Å². The molecule has 11 nitrogen and oxygen atoms in total. The van der Waals surface area contributed by atoms with Crippen LogP contribution in [-0.2, 0) is 4.57 Å². The number of fused-ring (bicyclic) bond motifs is 1. The highest BCUT2D eigenvalue weighted by molar-refractivity contribution is 7.46. The van der Waals surface area contributed by atoms with E-state index in [0.717, 1.165) is 5.56 Å². The predicted octanol–water partition coefficient (Wildman–Crippen LogP) is 1.65. The van der Waals surface area contributed by atoms with Crippen LogP contribution in [0.15, 0.2) is 33.5 Å². The van der Waals surface area contributed by atoms with Crippen LogP contribution in [0.25, 0.3) is 11.0 Å². The Balaban J connectivity index is 0. The number of phosphoric acid groups is 1. The Morgan fingerprint density at radius 3 is 1.74 bits per heavy atom. The SMILES string of the molecule is Cc1cc(=O)oc2cc(OP(=O)(O)O)ccc12.NC1CCCCC1.NC1CCCCC1.O.O.O. The van der Waals surface area contributed by atoms with E-state index in [1.165, 1.54) is 82.4 Å².